The summed E-state index contributed by atoms with van der Waals surface area (Å²) < 4.78 is 16.1. The van der Waals surface area contributed by atoms with E-state index in [0.29, 0.717) is 36.2 Å². The number of amides is 1. The van der Waals surface area contributed by atoms with E-state index in [1.807, 2.05) is 48.5 Å². The molecule has 0 radical (unpaired) electrons. The van der Waals surface area contributed by atoms with Crippen LogP contribution in [-0.2, 0) is 4.79 Å². The van der Waals surface area contributed by atoms with E-state index in [2.05, 4.69) is 10.1 Å². The molecule has 0 N–H and O–H groups in total. The van der Waals surface area contributed by atoms with Crippen LogP contribution in [0.5, 0.6) is 11.5 Å². The van der Waals surface area contributed by atoms with Crippen molar-refractivity contribution in [3.8, 4) is 22.9 Å². The summed E-state index contributed by atoms with van der Waals surface area (Å²) in [6, 6.07) is 15.1. The maximum Gasteiger partial charge on any atom is 0.232 e. The normalized spacial score (nSPS) is 18.5. The highest BCUT2D eigenvalue weighted by Gasteiger charge is 2.35. The van der Waals surface area contributed by atoms with Gasteiger partial charge in [-0.2, -0.15) is 4.98 Å². The van der Waals surface area contributed by atoms with Gasteiger partial charge in [-0.05, 0) is 30.3 Å². The molecule has 3 aromatic rings. The predicted octanol–water partition coefficient (Wildman–Crippen LogP) is 2.99. The minimum atomic E-state index is -0.113. The van der Waals surface area contributed by atoms with Crippen LogP contribution in [0.3, 0.4) is 0 Å². The molecule has 1 saturated heterocycles. The summed E-state index contributed by atoms with van der Waals surface area (Å²) >= 11 is 0. The third kappa shape index (κ3) is 2.48. The van der Waals surface area contributed by atoms with Gasteiger partial charge in [0, 0.05) is 24.2 Å². The minimum Gasteiger partial charge on any atom is -0.454 e. The second-order valence-corrected chi connectivity index (χ2v) is 6.27. The highest BCUT2D eigenvalue weighted by molar-refractivity contribution is 5.96. The fourth-order valence-electron chi connectivity index (χ4n) is 3.28. The molecule has 0 spiro atoms. The topological polar surface area (TPSA) is 77.7 Å². The van der Waals surface area contributed by atoms with Crippen molar-refractivity contribution in [2.75, 3.05) is 18.2 Å². The number of anilines is 1. The molecule has 1 amide bonds. The van der Waals surface area contributed by atoms with Crippen molar-refractivity contribution in [3.63, 3.8) is 0 Å². The van der Waals surface area contributed by atoms with Crippen LogP contribution in [0.1, 0.15) is 18.2 Å². The number of fused-ring (bicyclic) bond motifs is 1. The van der Waals surface area contributed by atoms with Gasteiger partial charge in [-0.1, -0.05) is 23.4 Å². The molecule has 2 aliphatic rings. The van der Waals surface area contributed by atoms with E-state index in [1.165, 1.54) is 0 Å². The molecule has 5 rings (SSSR count). The lowest BCUT2D eigenvalue weighted by molar-refractivity contribution is -0.117. The molecule has 0 aliphatic carbocycles. The first-order chi connectivity index (χ1) is 12.8. The summed E-state index contributed by atoms with van der Waals surface area (Å²) in [7, 11) is 0. The van der Waals surface area contributed by atoms with Gasteiger partial charge >= 0.3 is 0 Å². The molecule has 0 saturated carbocycles. The second-order valence-electron chi connectivity index (χ2n) is 6.27. The van der Waals surface area contributed by atoms with Gasteiger partial charge in [-0.3, -0.25) is 4.79 Å². The quantitative estimate of drug-likeness (QED) is 0.723. The van der Waals surface area contributed by atoms with Gasteiger partial charge in [0.1, 0.15) is 0 Å². The van der Waals surface area contributed by atoms with Crippen molar-refractivity contribution in [2.24, 2.45) is 0 Å². The van der Waals surface area contributed by atoms with Crippen molar-refractivity contribution in [3.05, 3.63) is 54.4 Å². The van der Waals surface area contributed by atoms with E-state index in [9.17, 15) is 4.79 Å². The average Bonchev–Trinajstić information content (AvgIpc) is 3.40. The van der Waals surface area contributed by atoms with Crippen LogP contribution >= 0.6 is 0 Å². The van der Waals surface area contributed by atoms with Gasteiger partial charge in [-0.15, -0.1) is 0 Å². The van der Waals surface area contributed by atoms with Crippen molar-refractivity contribution >= 4 is 11.6 Å². The molecule has 1 atom stereocenters. The Morgan fingerprint density at radius 2 is 1.88 bits per heavy atom. The van der Waals surface area contributed by atoms with Crippen LogP contribution in [-0.4, -0.2) is 29.4 Å². The zero-order valence-corrected chi connectivity index (χ0v) is 13.8. The molecule has 0 unspecified atom stereocenters. The molecular formula is C19H15N3O4. The number of rotatable bonds is 3. The molecule has 0 bridgehead atoms. The molecule has 26 heavy (non-hydrogen) atoms. The first kappa shape index (κ1) is 14.9. The van der Waals surface area contributed by atoms with E-state index < -0.39 is 0 Å². The van der Waals surface area contributed by atoms with E-state index in [0.717, 1.165) is 11.3 Å². The maximum absolute atomic E-state index is 12.4. The predicted molar refractivity (Wildman–Crippen MR) is 92.0 cm³/mol. The standard InChI is InChI=1S/C19H15N3O4/c23-17-9-13(10-22(17)14-4-2-1-3-5-14)19-20-18(21-26-19)12-6-7-15-16(8-12)25-11-24-15/h1-8,13H,9-11H2/t13-/m0/s1. The SMILES string of the molecule is O=C1C[C@H](c2nc(-c3ccc4c(c3)OCO4)no2)CN1c1ccccc1. The minimum absolute atomic E-state index is 0.0593. The second kappa shape index (κ2) is 5.87. The number of carbonyl (C=O) groups is 1. The Hall–Kier alpha value is -3.35. The Labute approximate surface area is 149 Å². The van der Waals surface area contributed by atoms with Crippen molar-refractivity contribution in [2.45, 2.75) is 12.3 Å². The largest absolute Gasteiger partial charge is 0.454 e. The van der Waals surface area contributed by atoms with Gasteiger partial charge < -0.3 is 18.9 Å². The molecule has 1 fully saturated rings. The number of hydrogen-bond acceptors (Lipinski definition) is 6. The van der Waals surface area contributed by atoms with E-state index in [4.69, 9.17) is 14.0 Å². The van der Waals surface area contributed by atoms with Crippen LogP contribution in [0.4, 0.5) is 5.69 Å². The number of para-hydroxylation sites is 1. The lowest BCUT2D eigenvalue weighted by Crippen LogP contribution is -2.24. The van der Waals surface area contributed by atoms with Crippen molar-refractivity contribution in [1.29, 1.82) is 0 Å². The summed E-state index contributed by atoms with van der Waals surface area (Å²) in [5, 5.41) is 4.07. The fourth-order valence-corrected chi connectivity index (χ4v) is 3.28. The molecule has 3 heterocycles. The number of carbonyl (C=O) groups excluding carboxylic acids is 1. The van der Waals surface area contributed by atoms with Crippen LogP contribution in [0, 0.1) is 0 Å². The number of ether oxygens (including phenoxy) is 2. The molecule has 7 nitrogen and oxygen atoms in total. The van der Waals surface area contributed by atoms with Crippen LogP contribution in [0.15, 0.2) is 53.1 Å². The molecule has 7 heteroatoms. The molecule has 2 aliphatic heterocycles. The Balaban J connectivity index is 1.38. The molecule has 2 aromatic carbocycles. The summed E-state index contributed by atoms with van der Waals surface area (Å²) in [4.78, 5) is 18.6. The Bertz CT molecular complexity index is 970. The molecule has 130 valence electrons. The van der Waals surface area contributed by atoms with Crippen molar-refractivity contribution in [1.82, 2.24) is 10.1 Å². The summed E-state index contributed by atoms with van der Waals surface area (Å²) in [5.41, 5.74) is 1.67. The first-order valence-electron chi connectivity index (χ1n) is 8.37. The smallest absolute Gasteiger partial charge is 0.232 e. The van der Waals surface area contributed by atoms with Crippen LogP contribution in [0.25, 0.3) is 11.4 Å². The van der Waals surface area contributed by atoms with Gasteiger partial charge in [0.05, 0.1) is 5.92 Å². The summed E-state index contributed by atoms with van der Waals surface area (Å²) in [5.74, 6) is 2.27. The van der Waals surface area contributed by atoms with Crippen molar-refractivity contribution < 1.29 is 18.8 Å². The van der Waals surface area contributed by atoms with E-state index >= 15 is 0 Å². The highest BCUT2D eigenvalue weighted by Crippen LogP contribution is 2.36. The third-order valence-corrected chi connectivity index (χ3v) is 4.61. The average molecular weight is 349 g/mol. The zero-order valence-electron chi connectivity index (χ0n) is 13.8. The third-order valence-electron chi connectivity index (χ3n) is 4.61. The lowest BCUT2D eigenvalue weighted by atomic mass is 10.1. The first-order valence-corrected chi connectivity index (χ1v) is 8.37. The van der Waals surface area contributed by atoms with Gasteiger partial charge in [0.2, 0.25) is 24.4 Å². The van der Waals surface area contributed by atoms with Crippen LogP contribution < -0.4 is 14.4 Å². The van der Waals surface area contributed by atoms with Gasteiger partial charge in [-0.25, -0.2) is 0 Å². The van der Waals surface area contributed by atoms with E-state index in [-0.39, 0.29) is 18.6 Å². The highest BCUT2D eigenvalue weighted by atomic mass is 16.7. The monoisotopic (exact) mass is 349 g/mol. The summed E-state index contributed by atoms with van der Waals surface area (Å²) in [6.45, 7) is 0.751. The maximum atomic E-state index is 12.4. The lowest BCUT2D eigenvalue weighted by Gasteiger charge is -2.15. The van der Waals surface area contributed by atoms with Gasteiger partial charge in [0.15, 0.2) is 11.5 Å². The Morgan fingerprint density at radius 1 is 1.04 bits per heavy atom. The fraction of sp³-hybridized carbons (Fsp3) is 0.211. The number of hydrogen-bond donors (Lipinski definition) is 0. The molecule has 1 aromatic heterocycles. The number of benzene rings is 2. The summed E-state index contributed by atoms with van der Waals surface area (Å²) in [6.07, 6.45) is 0.359. The van der Waals surface area contributed by atoms with E-state index in [1.54, 1.807) is 4.90 Å². The zero-order chi connectivity index (χ0) is 17.5. The molecular weight excluding hydrogens is 334 g/mol. The Morgan fingerprint density at radius 3 is 2.77 bits per heavy atom. The Kier molecular flexibility index (Phi) is 3.38. The number of nitrogens with zero attached hydrogens (tertiary/aromatic N) is 3. The number of aromatic nitrogens is 2. The van der Waals surface area contributed by atoms with Crippen LogP contribution in [0.2, 0.25) is 0 Å². The van der Waals surface area contributed by atoms with Gasteiger partial charge in [0.25, 0.3) is 0 Å².